The van der Waals surface area contributed by atoms with E-state index < -0.39 is 52.8 Å². The first-order valence-corrected chi connectivity index (χ1v) is 31.3. The number of hydrogen-bond acceptors (Lipinski definition) is 13. The number of piperazine rings is 2. The summed E-state index contributed by atoms with van der Waals surface area (Å²) in [5, 5.41) is 6.16. The van der Waals surface area contributed by atoms with Gasteiger partial charge < -0.3 is 15.1 Å². The number of sulfone groups is 1. The number of halogens is 4. The number of amides is 3. The van der Waals surface area contributed by atoms with Gasteiger partial charge in [0, 0.05) is 111 Å². The van der Waals surface area contributed by atoms with Gasteiger partial charge in [-0.3, -0.25) is 29.5 Å². The largest absolute Gasteiger partial charge is 0.501 e. The Hall–Kier alpha value is -5.74. The molecule has 2 atom stereocenters. The lowest BCUT2D eigenvalue weighted by Crippen LogP contribution is -2.47. The quantitative estimate of drug-likeness (QED) is 0.0529. The van der Waals surface area contributed by atoms with Crippen molar-refractivity contribution in [2.24, 2.45) is 5.41 Å². The summed E-state index contributed by atoms with van der Waals surface area (Å²) in [5.41, 5.74) is 0.797. The van der Waals surface area contributed by atoms with Gasteiger partial charge in [0.25, 0.3) is 25.8 Å². The smallest absolute Gasteiger partial charge is 0.380 e. The zero-order valence-electron chi connectivity index (χ0n) is 44.8. The number of carbonyl (C=O) groups excluding carboxylic acids is 3. The topological polar surface area (TPSA) is 169 Å². The van der Waals surface area contributed by atoms with E-state index >= 15 is 0 Å². The van der Waals surface area contributed by atoms with Gasteiger partial charge in [-0.25, -0.2) is 21.6 Å². The lowest BCUT2D eigenvalue weighted by atomic mass is 9.73. The van der Waals surface area contributed by atoms with E-state index in [0.29, 0.717) is 62.3 Å². The van der Waals surface area contributed by atoms with Gasteiger partial charge in [0.1, 0.15) is 4.90 Å². The number of benzene rings is 5. The molecule has 0 saturated carbocycles. The number of thioether (sulfide) groups is 1. The summed E-state index contributed by atoms with van der Waals surface area (Å²) in [5.74, 6) is -1.61. The van der Waals surface area contributed by atoms with Gasteiger partial charge >= 0.3 is 5.51 Å². The number of nitrogens with zero attached hydrogens (tertiary/aromatic N) is 4. The molecule has 0 radical (unpaired) electrons. The van der Waals surface area contributed by atoms with Gasteiger partial charge in [-0.1, -0.05) is 85.6 Å². The van der Waals surface area contributed by atoms with Crippen LogP contribution in [0.1, 0.15) is 85.3 Å². The third-order valence-corrected chi connectivity index (χ3v) is 19.9. The fourth-order valence-corrected chi connectivity index (χ4v) is 14.1. The molecule has 0 aromatic heterocycles. The maximum Gasteiger partial charge on any atom is 0.501 e. The van der Waals surface area contributed by atoms with Crippen LogP contribution in [0.25, 0.3) is 5.57 Å². The monoisotopic (exact) mass is 1170 g/mol. The highest BCUT2D eigenvalue weighted by Crippen LogP contribution is 2.43. The first-order valence-electron chi connectivity index (χ1n) is 27.0. The fraction of sp³-hybridized carbons (Fsp3) is 0.407. The second-order valence-corrected chi connectivity index (χ2v) is 27.0. The maximum atomic E-state index is 14.5. The van der Waals surface area contributed by atoms with Crippen molar-refractivity contribution >= 4 is 77.9 Å². The van der Waals surface area contributed by atoms with Crippen LogP contribution in [0.4, 0.5) is 24.5 Å². The van der Waals surface area contributed by atoms with E-state index in [2.05, 4.69) is 56.2 Å². The number of imide groups is 1. The molecule has 5 aromatic carbocycles. The van der Waals surface area contributed by atoms with Crippen molar-refractivity contribution in [2.75, 3.05) is 81.4 Å². The molecule has 80 heavy (non-hydrogen) atoms. The second kappa shape index (κ2) is 25.2. The van der Waals surface area contributed by atoms with Crippen LogP contribution in [0.5, 0.6) is 0 Å². The van der Waals surface area contributed by atoms with Gasteiger partial charge in [-0.2, -0.15) is 13.2 Å². The van der Waals surface area contributed by atoms with Crippen LogP contribution >= 0.6 is 23.4 Å². The number of sulfonamides is 1. The molecular formula is C59H67ClF3N7O7S3. The van der Waals surface area contributed by atoms with E-state index in [9.17, 15) is 44.4 Å². The number of piperidine rings is 1. The van der Waals surface area contributed by atoms with Crippen LogP contribution in [0.3, 0.4) is 0 Å². The highest BCUT2D eigenvalue weighted by molar-refractivity contribution is 7.99. The van der Waals surface area contributed by atoms with Crippen LogP contribution < -0.4 is 20.3 Å². The number of nitrogens with one attached hydrogen (secondary N) is 3. The Balaban J connectivity index is 0.826. The molecule has 0 spiro atoms. The molecule has 1 unspecified atom stereocenters. The highest BCUT2D eigenvalue weighted by atomic mass is 35.5. The lowest BCUT2D eigenvalue weighted by molar-refractivity contribution is -0.134. The number of allylic oxidation sites excluding steroid dienone is 1. The normalized spacial score (nSPS) is 19.4. The standard InChI is InChI=1S/C59H67ClF3N7O7S3/c1-58(2)26-24-51(42-12-16-46(60)17-13-42)45(37-58)39-69-32-34-70(35-33-69)48-18-14-44(15-19-48)56(72)66-80(76,77)50-20-22-53(54(36-50)79(74,75)59(61,62)63)64-47(40-78-49-6-4-3-5-7-49)25-27-67-28-30-68(31-29-67)38-41-8-10-43(11-9-41)52-21-23-55(71)65-57(52)73/h3-20,22,36,47,52,64H,21,23-35,37-40H2,1-2H3,(H,66,72)(H,65,71,73)/t47-,52?/m1/s1. The maximum absolute atomic E-state index is 14.5. The summed E-state index contributed by atoms with van der Waals surface area (Å²) in [7, 11) is -11.0. The van der Waals surface area contributed by atoms with Crippen LogP contribution in [0, 0.1) is 5.41 Å². The minimum Gasteiger partial charge on any atom is -0.380 e. The van der Waals surface area contributed by atoms with E-state index in [1.165, 1.54) is 40.6 Å². The van der Waals surface area contributed by atoms with Crippen molar-refractivity contribution in [2.45, 2.75) is 91.1 Å². The van der Waals surface area contributed by atoms with Crippen molar-refractivity contribution in [3.05, 3.63) is 154 Å². The summed E-state index contributed by atoms with van der Waals surface area (Å²) in [4.78, 5) is 45.5. The van der Waals surface area contributed by atoms with Crippen molar-refractivity contribution in [1.82, 2.24) is 24.7 Å². The average molecular weight is 1170 g/mol. The molecule has 5 aromatic rings. The molecule has 9 rings (SSSR count). The van der Waals surface area contributed by atoms with Crippen LogP contribution in [0.15, 0.2) is 142 Å². The molecule has 3 amide bonds. The number of carbonyl (C=O) groups is 3. The van der Waals surface area contributed by atoms with E-state index in [0.717, 1.165) is 98.9 Å². The van der Waals surface area contributed by atoms with Crippen molar-refractivity contribution < 1.29 is 44.4 Å². The summed E-state index contributed by atoms with van der Waals surface area (Å²) in [6.07, 6.45) is 4.31. The van der Waals surface area contributed by atoms with Crippen LogP contribution in [0.2, 0.25) is 5.02 Å². The molecule has 14 nitrogen and oxygen atoms in total. The van der Waals surface area contributed by atoms with Crippen LogP contribution in [-0.2, 0) is 36.0 Å². The molecule has 4 aliphatic rings. The number of hydrogen-bond donors (Lipinski definition) is 3. The Morgan fingerprint density at radius 2 is 1.44 bits per heavy atom. The molecule has 21 heteroatoms. The predicted octanol–water partition coefficient (Wildman–Crippen LogP) is 9.84. The summed E-state index contributed by atoms with van der Waals surface area (Å²) >= 11 is 7.65. The van der Waals surface area contributed by atoms with E-state index in [-0.39, 0.29) is 28.7 Å². The summed E-state index contributed by atoms with van der Waals surface area (Å²) < 4.78 is 99.5. The number of alkyl halides is 3. The fourth-order valence-electron chi connectivity index (χ4n) is 11.0. The third-order valence-electron chi connectivity index (χ3n) is 15.6. The predicted molar refractivity (Wildman–Crippen MR) is 308 cm³/mol. The molecule has 3 aliphatic heterocycles. The van der Waals surface area contributed by atoms with Gasteiger partial charge in [0.05, 0.1) is 16.5 Å². The molecule has 3 N–H and O–H groups in total. The molecule has 3 saturated heterocycles. The van der Waals surface area contributed by atoms with Crippen LogP contribution in [-0.4, -0.2) is 132 Å². The minimum absolute atomic E-state index is 0.0162. The Kier molecular flexibility index (Phi) is 18.5. The number of anilines is 2. The summed E-state index contributed by atoms with van der Waals surface area (Å²) in [6.45, 7) is 12.6. The molecule has 426 valence electrons. The zero-order valence-corrected chi connectivity index (χ0v) is 48.0. The van der Waals surface area contributed by atoms with Crippen molar-refractivity contribution in [3.63, 3.8) is 0 Å². The number of rotatable bonds is 19. The Labute approximate surface area is 476 Å². The Bertz CT molecular complexity index is 3280. The van der Waals surface area contributed by atoms with E-state index in [4.69, 9.17) is 11.6 Å². The average Bonchev–Trinajstić information content (AvgIpc) is 3.44. The zero-order chi connectivity index (χ0) is 56.8. The minimum atomic E-state index is -6.12. The van der Waals surface area contributed by atoms with Crippen molar-refractivity contribution in [1.29, 1.82) is 0 Å². The lowest BCUT2D eigenvalue weighted by Gasteiger charge is -2.39. The van der Waals surface area contributed by atoms with Gasteiger partial charge in [-0.05, 0) is 127 Å². The van der Waals surface area contributed by atoms with Gasteiger partial charge in [0.15, 0.2) is 0 Å². The van der Waals surface area contributed by atoms with Gasteiger partial charge in [-0.15, -0.1) is 11.8 Å². The van der Waals surface area contributed by atoms with E-state index in [1.807, 2.05) is 71.5 Å². The van der Waals surface area contributed by atoms with E-state index in [1.54, 1.807) is 12.1 Å². The molecular weight excluding hydrogens is 1110 g/mol. The van der Waals surface area contributed by atoms with Gasteiger partial charge in [0.2, 0.25) is 11.8 Å². The second-order valence-electron chi connectivity index (χ2n) is 21.9. The molecule has 3 heterocycles. The third kappa shape index (κ3) is 14.8. The summed E-state index contributed by atoms with van der Waals surface area (Å²) in [6, 6.07) is 33.6. The Morgan fingerprint density at radius 3 is 2.10 bits per heavy atom. The molecule has 1 aliphatic carbocycles. The Morgan fingerprint density at radius 1 is 0.787 bits per heavy atom. The molecule has 0 bridgehead atoms. The molecule has 3 fully saturated rings. The first-order chi connectivity index (χ1) is 38.1. The SMILES string of the molecule is CC1(C)CCC(c2ccc(Cl)cc2)=C(CN2CCN(c3ccc(C(=O)NS(=O)(=O)c4ccc(N[C@H](CCN5CCN(Cc6ccc(C7CCC(=O)NC7=O)cc6)CC5)CSc5ccccc5)c(S(=O)(=O)C(F)(F)F)c4)cc3)CC2)C1. The first kappa shape index (κ1) is 58.9. The highest BCUT2D eigenvalue weighted by Gasteiger charge is 2.48. The van der Waals surface area contributed by atoms with Crippen molar-refractivity contribution in [3.8, 4) is 0 Å².